The summed E-state index contributed by atoms with van der Waals surface area (Å²) in [6, 6.07) is 24.2. The molecule has 10 rings (SSSR count). The van der Waals surface area contributed by atoms with E-state index in [0.29, 0.717) is 36.0 Å². The Morgan fingerprint density at radius 3 is 2.25 bits per heavy atom. The van der Waals surface area contributed by atoms with Crippen LogP contribution in [-0.4, -0.2) is 127 Å². The highest BCUT2D eigenvalue weighted by Crippen LogP contribution is 2.54. The number of nitrogens with one attached hydrogen (secondary N) is 1. The van der Waals surface area contributed by atoms with Gasteiger partial charge in [0.1, 0.15) is 5.75 Å². The van der Waals surface area contributed by atoms with Crippen molar-refractivity contribution in [3.05, 3.63) is 113 Å². The summed E-state index contributed by atoms with van der Waals surface area (Å²) in [4.78, 5) is 46.6. The molecule has 1 aromatic heterocycles. The third-order valence-electron chi connectivity index (χ3n) is 14.0. The van der Waals surface area contributed by atoms with E-state index in [1.54, 1.807) is 26.0 Å². The number of aromatic nitrogens is 2. The summed E-state index contributed by atoms with van der Waals surface area (Å²) in [5, 5.41) is 27.5. The number of ether oxygens (including phenoxy) is 2. The third-order valence-corrected chi connectivity index (χ3v) is 15.1. The molecular formula is C54H65N7O7S. The van der Waals surface area contributed by atoms with E-state index in [9.17, 15) is 24.6 Å². The van der Waals surface area contributed by atoms with Gasteiger partial charge >= 0.3 is 5.97 Å². The van der Waals surface area contributed by atoms with Crippen molar-refractivity contribution in [3.63, 3.8) is 0 Å². The maximum absolute atomic E-state index is 13.1. The highest BCUT2D eigenvalue weighted by Gasteiger charge is 2.38. The van der Waals surface area contributed by atoms with Crippen molar-refractivity contribution in [3.8, 4) is 39.6 Å². The number of phenolic OH excluding ortho intramolecular Hbond substituents is 1. The number of piperazine rings is 1. The first-order valence-electron chi connectivity index (χ1n) is 23.9. The lowest BCUT2D eigenvalue weighted by Gasteiger charge is -2.40. The number of thioether (sulfide) groups is 1. The molecule has 3 aliphatic heterocycles. The number of carboxylic acid groups (broad SMARTS) is 1. The lowest BCUT2D eigenvalue weighted by Crippen LogP contribution is -2.49. The highest BCUT2D eigenvalue weighted by molar-refractivity contribution is 7.98. The van der Waals surface area contributed by atoms with Crippen molar-refractivity contribution >= 4 is 40.9 Å². The Labute approximate surface area is 409 Å². The van der Waals surface area contributed by atoms with Crippen LogP contribution < -0.4 is 19.7 Å². The summed E-state index contributed by atoms with van der Waals surface area (Å²) in [7, 11) is 11.3. The molecule has 3 unspecified atom stereocenters. The van der Waals surface area contributed by atoms with Crippen LogP contribution in [0.2, 0.25) is 0 Å². The van der Waals surface area contributed by atoms with E-state index in [2.05, 4.69) is 64.5 Å². The Morgan fingerprint density at radius 1 is 0.855 bits per heavy atom. The van der Waals surface area contributed by atoms with Gasteiger partial charge in [-0.3, -0.25) is 28.9 Å². The smallest absolute Gasteiger partial charge is 0.307 e. The Kier molecular flexibility index (Phi) is 15.4. The number of carboxylic acids is 1. The van der Waals surface area contributed by atoms with Gasteiger partial charge in [-0.1, -0.05) is 49.4 Å². The monoisotopic (exact) mass is 955 g/mol. The van der Waals surface area contributed by atoms with Crippen molar-refractivity contribution in [2.24, 2.45) is 18.9 Å². The van der Waals surface area contributed by atoms with Crippen LogP contribution in [0.5, 0.6) is 17.2 Å². The van der Waals surface area contributed by atoms with Crippen molar-refractivity contribution < 1.29 is 34.1 Å². The molecule has 4 heterocycles. The molecule has 5 aromatic rings. The Hall–Kier alpha value is -6.29. The number of anilines is 2. The summed E-state index contributed by atoms with van der Waals surface area (Å²) >= 11 is 1.80. The fourth-order valence-corrected chi connectivity index (χ4v) is 11.4. The minimum atomic E-state index is -0.914. The van der Waals surface area contributed by atoms with Crippen LogP contribution in [-0.2, 0) is 35.2 Å². The van der Waals surface area contributed by atoms with Gasteiger partial charge in [-0.2, -0.15) is 5.10 Å². The van der Waals surface area contributed by atoms with E-state index in [1.165, 1.54) is 33.6 Å². The molecule has 3 atom stereocenters. The van der Waals surface area contributed by atoms with Gasteiger partial charge in [-0.15, -0.1) is 11.8 Å². The molecule has 0 bridgehead atoms. The molecule has 4 aromatic carbocycles. The fraction of sp³-hybridized carbons (Fsp3) is 0.407. The summed E-state index contributed by atoms with van der Waals surface area (Å²) in [5.41, 5.74) is 11.4. The van der Waals surface area contributed by atoms with Gasteiger partial charge in [0.05, 0.1) is 31.7 Å². The number of nitrogens with zero attached hydrogens (tertiary/aromatic N) is 6. The largest absolute Gasteiger partial charge is 0.504 e. The molecule has 0 radical (unpaired) electrons. The number of rotatable bonds is 9. The van der Waals surface area contributed by atoms with Crippen LogP contribution in [0, 0.1) is 11.8 Å². The van der Waals surface area contributed by atoms with Crippen LogP contribution in [0.25, 0.3) is 22.4 Å². The van der Waals surface area contributed by atoms with Crippen molar-refractivity contribution in [1.82, 2.24) is 24.5 Å². The number of benzene rings is 4. The first kappa shape index (κ1) is 49.1. The number of aliphatic carboxylic acids is 1. The lowest BCUT2D eigenvalue weighted by atomic mass is 9.76. The number of aromatic hydroxyl groups is 1. The van der Waals surface area contributed by atoms with Crippen molar-refractivity contribution in [2.45, 2.75) is 55.7 Å². The molecule has 1 saturated heterocycles. The highest BCUT2D eigenvalue weighted by atomic mass is 32.2. The molecule has 3 N–H and O–H groups in total. The predicted molar refractivity (Wildman–Crippen MR) is 273 cm³/mol. The Bertz CT molecular complexity index is 2710. The van der Waals surface area contributed by atoms with E-state index < -0.39 is 17.8 Å². The normalized spacial score (nSPS) is 18.9. The summed E-state index contributed by atoms with van der Waals surface area (Å²) < 4.78 is 12.9. The molecule has 15 heteroatoms. The lowest BCUT2D eigenvalue weighted by molar-refractivity contribution is -0.146. The number of likely N-dealkylation sites (N-methyl/N-ethyl adjacent to an activating group) is 1. The number of amides is 2. The number of phenols is 1. The number of hydrogen-bond acceptors (Lipinski definition) is 11. The number of methoxy groups -OCH3 is 2. The van der Waals surface area contributed by atoms with Crippen LogP contribution in [0.15, 0.2) is 89.8 Å². The summed E-state index contributed by atoms with van der Waals surface area (Å²) in [6.07, 6.45) is 7.66. The first-order valence-corrected chi connectivity index (χ1v) is 24.9. The molecule has 0 saturated carbocycles. The zero-order chi connectivity index (χ0) is 48.9. The van der Waals surface area contributed by atoms with E-state index >= 15 is 0 Å². The van der Waals surface area contributed by atoms with Gasteiger partial charge in [0.25, 0.3) is 5.91 Å². The SMILES string of the molecule is CCCN1CCN(C(=O)c2nn(C)c3c2CSc2ccccc2-3)CC1.CN(C)c1ccc(NC(=O)C2CC=CCC2C(=O)O)cc1.COc1cc2c3c(c1O)-c1c(cccc1OC)CC3N(C)CC2. The van der Waals surface area contributed by atoms with Gasteiger partial charge in [-0.05, 0) is 105 Å². The van der Waals surface area contributed by atoms with Crippen LogP contribution in [0.4, 0.5) is 11.4 Å². The van der Waals surface area contributed by atoms with E-state index in [1.807, 2.05) is 90.2 Å². The van der Waals surface area contributed by atoms with Gasteiger partial charge in [0.15, 0.2) is 17.2 Å². The first-order chi connectivity index (χ1) is 33.3. The van der Waals surface area contributed by atoms with E-state index in [0.717, 1.165) is 91.7 Å². The number of carbonyl (C=O) groups is 3. The molecule has 364 valence electrons. The average Bonchev–Trinajstić information content (AvgIpc) is 3.72. The van der Waals surface area contributed by atoms with Crippen LogP contribution in [0.3, 0.4) is 0 Å². The number of allylic oxidation sites excluding steroid dienone is 2. The fourth-order valence-electron chi connectivity index (χ4n) is 10.3. The number of aryl methyl sites for hydroxylation is 1. The summed E-state index contributed by atoms with van der Waals surface area (Å²) in [6.45, 7) is 7.87. The van der Waals surface area contributed by atoms with E-state index in [-0.39, 0.29) is 17.6 Å². The van der Waals surface area contributed by atoms with Crippen molar-refractivity contribution in [1.29, 1.82) is 0 Å². The van der Waals surface area contributed by atoms with Gasteiger partial charge in [-0.25, -0.2) is 0 Å². The predicted octanol–water partition coefficient (Wildman–Crippen LogP) is 8.38. The molecule has 5 aliphatic rings. The quantitative estimate of drug-likeness (QED) is 0.122. The van der Waals surface area contributed by atoms with Crippen LogP contribution in [0.1, 0.15) is 65.0 Å². The van der Waals surface area contributed by atoms with Gasteiger partial charge < -0.3 is 34.8 Å². The zero-order valence-corrected chi connectivity index (χ0v) is 41.6. The van der Waals surface area contributed by atoms with Crippen LogP contribution >= 0.6 is 11.8 Å². The van der Waals surface area contributed by atoms with Crippen molar-refractivity contribution in [2.75, 3.05) is 84.8 Å². The third kappa shape index (κ3) is 10.2. The maximum atomic E-state index is 13.1. The molecule has 2 amide bonds. The van der Waals surface area contributed by atoms with E-state index in [4.69, 9.17) is 9.47 Å². The minimum Gasteiger partial charge on any atom is -0.504 e. The minimum absolute atomic E-state index is 0.0907. The molecule has 14 nitrogen and oxygen atoms in total. The molecule has 0 spiro atoms. The topological polar surface area (TPSA) is 153 Å². The van der Waals surface area contributed by atoms with Gasteiger partial charge in [0, 0.05) is 104 Å². The standard InChI is InChI=1S/C19H24N4OS.C19H21NO3.C16H20N2O3/c1-3-8-22-9-11-23(12-10-22)19(24)17-15-13-25-16-7-5-4-6-14(16)18(15)21(2)20-17;1-20-8-7-12-10-15(23-3)19(21)18-16(12)13(20)9-11-5-4-6-14(22-2)17(11)18;1-18(2)12-9-7-11(8-10-12)17-15(19)13-5-3-4-6-14(13)16(20)21/h4-7H,3,8-13H2,1-2H3;4-6,10,13,21H,7-9H2,1-3H3;3-4,7-10,13-14H,5-6H2,1-2H3,(H,17,19)(H,20,21). The molecule has 69 heavy (non-hydrogen) atoms. The number of fused-ring (bicyclic) bond motifs is 5. The Morgan fingerprint density at radius 2 is 1.57 bits per heavy atom. The van der Waals surface area contributed by atoms with Gasteiger partial charge in [0.2, 0.25) is 5.91 Å². The second-order valence-corrected chi connectivity index (χ2v) is 19.5. The number of carbonyl (C=O) groups excluding carboxylic acids is 2. The second-order valence-electron chi connectivity index (χ2n) is 18.5. The number of hydrogen-bond donors (Lipinski definition) is 3. The Balaban J connectivity index is 0.000000140. The summed E-state index contributed by atoms with van der Waals surface area (Å²) in [5.74, 6) is 0.173. The molecular weight excluding hydrogens is 891 g/mol. The molecule has 2 aliphatic carbocycles. The molecule has 1 fully saturated rings. The maximum Gasteiger partial charge on any atom is 0.307 e. The average molecular weight is 956 g/mol. The zero-order valence-electron chi connectivity index (χ0n) is 40.8. The second kappa shape index (κ2) is 21.6.